The smallest absolute Gasteiger partial charge is 0.410 e. The van der Waals surface area contributed by atoms with Crippen LogP contribution in [0.4, 0.5) is 9.18 Å². The summed E-state index contributed by atoms with van der Waals surface area (Å²) in [6, 6.07) is 15.3. The highest BCUT2D eigenvalue weighted by Gasteiger charge is 2.31. The number of fused-ring (bicyclic) bond motifs is 1. The van der Waals surface area contributed by atoms with Crippen LogP contribution in [0.15, 0.2) is 65.9 Å². The molecule has 0 bridgehead atoms. The third kappa shape index (κ3) is 3.85. The molecule has 138 valence electrons. The van der Waals surface area contributed by atoms with Crippen LogP contribution in [0, 0.1) is 0 Å². The van der Waals surface area contributed by atoms with Crippen molar-refractivity contribution in [3.05, 3.63) is 77.1 Å². The van der Waals surface area contributed by atoms with Crippen LogP contribution >= 0.6 is 11.3 Å². The molecule has 2 heterocycles. The predicted octanol–water partition coefficient (Wildman–Crippen LogP) is 5.62. The van der Waals surface area contributed by atoms with Crippen molar-refractivity contribution in [2.45, 2.75) is 25.5 Å². The summed E-state index contributed by atoms with van der Waals surface area (Å²) in [6.07, 6.45) is 1.28. The largest absolute Gasteiger partial charge is 0.445 e. The zero-order valence-corrected chi connectivity index (χ0v) is 15.5. The van der Waals surface area contributed by atoms with Gasteiger partial charge in [-0.1, -0.05) is 36.4 Å². The molecular weight excluding hydrogens is 363 g/mol. The highest BCUT2D eigenvalue weighted by molar-refractivity contribution is 7.16. The van der Waals surface area contributed by atoms with Crippen LogP contribution in [0.5, 0.6) is 0 Å². The van der Waals surface area contributed by atoms with Crippen molar-refractivity contribution in [3.63, 3.8) is 0 Å². The average Bonchev–Trinajstić information content (AvgIpc) is 3.20. The number of benzene rings is 2. The molecule has 0 N–H and O–H groups in total. The van der Waals surface area contributed by atoms with E-state index in [4.69, 9.17) is 4.74 Å². The molecule has 6 heteroatoms. The van der Waals surface area contributed by atoms with Gasteiger partial charge in [0.25, 0.3) is 0 Å². The minimum absolute atomic E-state index is 0.222. The van der Waals surface area contributed by atoms with Gasteiger partial charge in [0.2, 0.25) is 0 Å². The molecule has 0 saturated carbocycles. The van der Waals surface area contributed by atoms with E-state index in [-0.39, 0.29) is 18.7 Å². The molecule has 1 unspecified atom stereocenters. The summed E-state index contributed by atoms with van der Waals surface area (Å²) in [5, 5.41) is 0. The van der Waals surface area contributed by atoms with Gasteiger partial charge in [0.15, 0.2) is 0 Å². The maximum absolute atomic E-state index is 13.2. The van der Waals surface area contributed by atoms with E-state index in [0.717, 1.165) is 21.3 Å². The number of carbonyl (C=O) groups is 1. The zero-order valence-electron chi connectivity index (χ0n) is 14.7. The van der Waals surface area contributed by atoms with Crippen molar-refractivity contribution in [3.8, 4) is 0 Å². The van der Waals surface area contributed by atoms with Gasteiger partial charge in [0.05, 0.1) is 28.1 Å². The summed E-state index contributed by atoms with van der Waals surface area (Å²) in [6.45, 7) is 0.656. The number of aromatic nitrogens is 1. The minimum Gasteiger partial charge on any atom is -0.445 e. The average molecular weight is 382 g/mol. The topological polar surface area (TPSA) is 42.4 Å². The van der Waals surface area contributed by atoms with Crippen LogP contribution < -0.4 is 0 Å². The Hall–Kier alpha value is -2.73. The van der Waals surface area contributed by atoms with Gasteiger partial charge in [-0.05, 0) is 41.7 Å². The fraction of sp³-hybridized carbons (Fsp3) is 0.238. The number of piperidine rings is 1. The van der Waals surface area contributed by atoms with Crippen LogP contribution in [0.3, 0.4) is 0 Å². The van der Waals surface area contributed by atoms with E-state index < -0.39 is 0 Å². The Bertz CT molecular complexity index is 970. The number of thiazole rings is 1. The Labute approximate surface area is 160 Å². The van der Waals surface area contributed by atoms with Crippen molar-refractivity contribution >= 4 is 27.6 Å². The minimum atomic E-state index is -0.375. The lowest BCUT2D eigenvalue weighted by molar-refractivity contribution is 0.0744. The third-order valence-corrected chi connectivity index (χ3v) is 5.65. The van der Waals surface area contributed by atoms with Crippen LogP contribution in [0.25, 0.3) is 10.2 Å². The molecule has 27 heavy (non-hydrogen) atoms. The maximum Gasteiger partial charge on any atom is 0.410 e. The first-order chi connectivity index (χ1) is 13.2. The van der Waals surface area contributed by atoms with Crippen molar-refractivity contribution in [2.24, 2.45) is 0 Å². The molecule has 1 fully saturated rings. The molecule has 1 saturated heterocycles. The molecule has 4 rings (SSSR count). The van der Waals surface area contributed by atoms with Crippen molar-refractivity contribution in [2.75, 3.05) is 6.54 Å². The van der Waals surface area contributed by atoms with Crippen molar-refractivity contribution in [1.29, 1.82) is 0 Å². The van der Waals surface area contributed by atoms with Crippen molar-refractivity contribution in [1.82, 2.24) is 9.88 Å². The van der Waals surface area contributed by atoms with E-state index in [9.17, 15) is 9.18 Å². The lowest BCUT2D eigenvalue weighted by atomic mass is 9.92. The van der Waals surface area contributed by atoms with Gasteiger partial charge in [-0.15, -0.1) is 11.3 Å². The molecule has 1 amide bonds. The summed E-state index contributed by atoms with van der Waals surface area (Å²) < 4.78 is 19.8. The van der Waals surface area contributed by atoms with Gasteiger partial charge in [0.1, 0.15) is 6.61 Å². The second kappa shape index (κ2) is 7.88. The number of rotatable bonds is 3. The van der Waals surface area contributed by atoms with Crippen LogP contribution in [0.1, 0.15) is 30.0 Å². The fourth-order valence-corrected chi connectivity index (χ4v) is 4.04. The Balaban J connectivity index is 1.56. The molecule has 2 aromatic carbocycles. The van der Waals surface area contributed by atoms with Gasteiger partial charge in [-0.2, -0.15) is 0 Å². The number of ether oxygens (including phenoxy) is 1. The number of nitrogens with zero attached hydrogens (tertiary/aromatic N) is 2. The molecule has 1 atom stereocenters. The summed E-state index contributed by atoms with van der Waals surface area (Å²) >= 11 is 1.57. The quantitative estimate of drug-likeness (QED) is 0.590. The molecule has 0 aliphatic carbocycles. The Morgan fingerprint density at radius 2 is 2.15 bits per heavy atom. The van der Waals surface area contributed by atoms with Crippen LogP contribution in [-0.2, 0) is 11.3 Å². The molecule has 3 aromatic rings. The Morgan fingerprint density at radius 3 is 2.96 bits per heavy atom. The second-order valence-electron chi connectivity index (χ2n) is 6.55. The Kier molecular flexibility index (Phi) is 5.16. The van der Waals surface area contributed by atoms with Crippen LogP contribution in [0.2, 0.25) is 0 Å². The highest BCUT2D eigenvalue weighted by Crippen LogP contribution is 2.36. The van der Waals surface area contributed by atoms with E-state index in [1.807, 2.05) is 48.5 Å². The molecule has 1 aliphatic rings. The zero-order chi connectivity index (χ0) is 18.6. The number of carbonyl (C=O) groups excluding carboxylic acids is 1. The summed E-state index contributed by atoms with van der Waals surface area (Å²) in [7, 11) is 0. The van der Waals surface area contributed by atoms with Gasteiger partial charge >= 0.3 is 6.09 Å². The molecular formula is C21H19FN2O2S. The van der Waals surface area contributed by atoms with Gasteiger partial charge in [-0.25, -0.2) is 14.2 Å². The molecule has 4 nitrogen and oxygen atoms in total. The van der Waals surface area contributed by atoms with E-state index in [1.165, 1.54) is 0 Å². The number of hydrogen-bond acceptors (Lipinski definition) is 4. The molecule has 1 aromatic heterocycles. The van der Waals surface area contributed by atoms with Crippen LogP contribution in [-0.4, -0.2) is 22.5 Å². The number of halogens is 1. The second-order valence-corrected chi connectivity index (χ2v) is 7.44. The molecule has 0 radical (unpaired) electrons. The first-order valence-corrected chi connectivity index (χ1v) is 9.71. The van der Waals surface area contributed by atoms with Gasteiger partial charge in [-0.3, -0.25) is 0 Å². The first kappa shape index (κ1) is 17.7. The summed E-state index contributed by atoms with van der Waals surface area (Å²) in [5.74, 6) is 0. The standard InChI is InChI=1S/C21H19FN2O2S/c22-12-16-8-9-24(21(25)26-13-15-4-2-1-3-5-15)19(10-16)17-6-7-20-18(11-17)23-14-27-20/h1-7,11-12,14,19H,8-10,13H2. The summed E-state index contributed by atoms with van der Waals surface area (Å²) in [5.41, 5.74) is 5.29. The van der Waals surface area contributed by atoms with E-state index in [1.54, 1.807) is 21.7 Å². The van der Waals surface area contributed by atoms with E-state index >= 15 is 0 Å². The number of likely N-dealkylation sites (tertiary alicyclic amines) is 1. The van der Waals surface area contributed by atoms with Gasteiger partial charge < -0.3 is 9.64 Å². The maximum atomic E-state index is 13.2. The number of hydrogen-bond donors (Lipinski definition) is 0. The SMILES string of the molecule is O=C(OCc1ccccc1)N1CCC(=CF)CC1c1ccc2scnc2c1. The van der Waals surface area contributed by atoms with Gasteiger partial charge in [0, 0.05) is 6.54 Å². The predicted molar refractivity (Wildman–Crippen MR) is 104 cm³/mol. The van der Waals surface area contributed by atoms with Crippen molar-refractivity contribution < 1.29 is 13.9 Å². The highest BCUT2D eigenvalue weighted by atomic mass is 32.1. The lowest BCUT2D eigenvalue weighted by Crippen LogP contribution is -2.39. The monoisotopic (exact) mass is 382 g/mol. The number of amides is 1. The molecule has 0 spiro atoms. The third-order valence-electron chi connectivity index (χ3n) is 4.84. The lowest BCUT2D eigenvalue weighted by Gasteiger charge is -2.36. The normalized spacial score (nSPS) is 18.8. The van der Waals surface area contributed by atoms with E-state index in [2.05, 4.69) is 4.98 Å². The summed E-state index contributed by atoms with van der Waals surface area (Å²) in [4.78, 5) is 18.8. The first-order valence-electron chi connectivity index (χ1n) is 8.83. The Morgan fingerprint density at radius 1 is 1.30 bits per heavy atom. The van der Waals surface area contributed by atoms with E-state index in [0.29, 0.717) is 31.3 Å². The molecule has 1 aliphatic heterocycles. The fourth-order valence-electron chi connectivity index (χ4n) is 3.38.